The van der Waals surface area contributed by atoms with Crippen LogP contribution in [-0.2, 0) is 9.53 Å². The Labute approximate surface area is 109 Å². The van der Waals surface area contributed by atoms with Gasteiger partial charge in [-0.25, -0.2) is 9.59 Å². The first-order chi connectivity index (χ1) is 8.61. The SMILES string of the molecule is CCCCCCCCCC(NC(=O)OC)C(=O)O. The molecule has 106 valence electrons. The lowest BCUT2D eigenvalue weighted by Gasteiger charge is -2.13. The van der Waals surface area contributed by atoms with Crippen molar-refractivity contribution >= 4 is 12.1 Å². The molecule has 0 spiro atoms. The highest BCUT2D eigenvalue weighted by Crippen LogP contribution is 2.10. The molecule has 2 N–H and O–H groups in total. The molecule has 0 saturated heterocycles. The van der Waals surface area contributed by atoms with Crippen molar-refractivity contribution in [3.63, 3.8) is 0 Å². The summed E-state index contributed by atoms with van der Waals surface area (Å²) in [5, 5.41) is 11.2. The molecule has 1 unspecified atom stereocenters. The predicted molar refractivity (Wildman–Crippen MR) is 69.6 cm³/mol. The molecule has 0 fully saturated rings. The van der Waals surface area contributed by atoms with Crippen molar-refractivity contribution in [3.8, 4) is 0 Å². The Bertz CT molecular complexity index is 243. The van der Waals surface area contributed by atoms with Gasteiger partial charge in [-0.3, -0.25) is 0 Å². The van der Waals surface area contributed by atoms with E-state index in [1.165, 1.54) is 32.8 Å². The quantitative estimate of drug-likeness (QED) is 0.591. The Morgan fingerprint density at radius 2 is 1.67 bits per heavy atom. The number of carboxylic acids is 1. The van der Waals surface area contributed by atoms with Crippen LogP contribution in [0.4, 0.5) is 4.79 Å². The Hall–Kier alpha value is -1.26. The Balaban J connectivity index is 3.65. The molecule has 0 bridgehead atoms. The highest BCUT2D eigenvalue weighted by atomic mass is 16.5. The van der Waals surface area contributed by atoms with E-state index in [-0.39, 0.29) is 0 Å². The van der Waals surface area contributed by atoms with Crippen molar-refractivity contribution in [2.24, 2.45) is 0 Å². The van der Waals surface area contributed by atoms with E-state index in [0.717, 1.165) is 19.3 Å². The molecule has 0 aromatic rings. The second-order valence-electron chi connectivity index (χ2n) is 4.44. The number of ether oxygens (including phenoxy) is 1. The summed E-state index contributed by atoms with van der Waals surface area (Å²) in [5.41, 5.74) is 0. The molecule has 0 saturated carbocycles. The lowest BCUT2D eigenvalue weighted by atomic mass is 10.1. The van der Waals surface area contributed by atoms with Crippen LogP contribution in [-0.4, -0.2) is 30.3 Å². The maximum atomic E-state index is 10.9. The summed E-state index contributed by atoms with van der Waals surface area (Å²) in [6, 6.07) is -0.840. The van der Waals surface area contributed by atoms with E-state index in [1.54, 1.807) is 0 Å². The maximum Gasteiger partial charge on any atom is 0.407 e. The summed E-state index contributed by atoms with van der Waals surface area (Å²) in [4.78, 5) is 21.8. The van der Waals surface area contributed by atoms with Crippen molar-refractivity contribution in [1.82, 2.24) is 5.32 Å². The first-order valence-electron chi connectivity index (χ1n) is 6.69. The van der Waals surface area contributed by atoms with Gasteiger partial charge in [-0.1, -0.05) is 51.9 Å². The molecule has 0 aromatic carbocycles. The maximum absolute atomic E-state index is 10.9. The number of rotatable bonds is 10. The summed E-state index contributed by atoms with van der Waals surface area (Å²) in [6.07, 6.45) is 7.66. The minimum absolute atomic E-state index is 0.457. The summed E-state index contributed by atoms with van der Waals surface area (Å²) < 4.78 is 4.39. The number of carboxylic acid groups (broad SMARTS) is 1. The predicted octanol–water partition coefficient (Wildman–Crippen LogP) is 2.94. The zero-order chi connectivity index (χ0) is 13.8. The van der Waals surface area contributed by atoms with Crippen molar-refractivity contribution in [2.45, 2.75) is 64.3 Å². The van der Waals surface area contributed by atoms with Crippen molar-refractivity contribution < 1.29 is 19.4 Å². The van der Waals surface area contributed by atoms with Gasteiger partial charge in [0.1, 0.15) is 6.04 Å². The van der Waals surface area contributed by atoms with Crippen LogP contribution in [0.1, 0.15) is 58.3 Å². The minimum atomic E-state index is -1.01. The van der Waals surface area contributed by atoms with Crippen LogP contribution >= 0.6 is 0 Å². The molecule has 0 aliphatic rings. The number of hydrogen-bond acceptors (Lipinski definition) is 3. The van der Waals surface area contributed by atoms with Gasteiger partial charge in [0.25, 0.3) is 0 Å². The van der Waals surface area contributed by atoms with Crippen LogP contribution < -0.4 is 5.32 Å². The van der Waals surface area contributed by atoms with Gasteiger partial charge < -0.3 is 15.2 Å². The van der Waals surface area contributed by atoms with E-state index in [1.807, 2.05) is 0 Å². The first-order valence-corrected chi connectivity index (χ1v) is 6.69. The summed E-state index contributed by atoms with van der Waals surface area (Å²) in [7, 11) is 1.22. The van der Waals surface area contributed by atoms with E-state index >= 15 is 0 Å². The summed E-state index contributed by atoms with van der Waals surface area (Å²) >= 11 is 0. The molecule has 0 rings (SSSR count). The monoisotopic (exact) mass is 259 g/mol. The zero-order valence-corrected chi connectivity index (χ0v) is 11.4. The second kappa shape index (κ2) is 10.9. The van der Waals surface area contributed by atoms with Crippen molar-refractivity contribution in [1.29, 1.82) is 0 Å². The van der Waals surface area contributed by atoms with Gasteiger partial charge in [-0.05, 0) is 6.42 Å². The Morgan fingerprint density at radius 1 is 1.11 bits per heavy atom. The fourth-order valence-corrected chi connectivity index (χ4v) is 1.76. The number of unbranched alkanes of at least 4 members (excludes halogenated alkanes) is 6. The van der Waals surface area contributed by atoms with Gasteiger partial charge in [-0.15, -0.1) is 0 Å². The lowest BCUT2D eigenvalue weighted by Crippen LogP contribution is -2.40. The smallest absolute Gasteiger partial charge is 0.407 e. The number of carbonyl (C=O) groups excluding carboxylic acids is 1. The molecule has 0 heterocycles. The molecular weight excluding hydrogens is 234 g/mol. The molecule has 0 aliphatic carbocycles. The van der Waals surface area contributed by atoms with Gasteiger partial charge >= 0.3 is 12.1 Å². The first kappa shape index (κ1) is 16.7. The van der Waals surface area contributed by atoms with Crippen LogP contribution in [0.15, 0.2) is 0 Å². The van der Waals surface area contributed by atoms with E-state index in [4.69, 9.17) is 5.11 Å². The van der Waals surface area contributed by atoms with E-state index in [2.05, 4.69) is 17.0 Å². The number of methoxy groups -OCH3 is 1. The fraction of sp³-hybridized carbons (Fsp3) is 0.846. The third kappa shape index (κ3) is 8.84. The zero-order valence-electron chi connectivity index (χ0n) is 11.4. The van der Waals surface area contributed by atoms with Crippen molar-refractivity contribution in [3.05, 3.63) is 0 Å². The number of alkyl carbamates (subject to hydrolysis) is 1. The number of carbonyl (C=O) groups is 2. The van der Waals surface area contributed by atoms with Gasteiger partial charge in [0.05, 0.1) is 7.11 Å². The Morgan fingerprint density at radius 3 is 2.17 bits per heavy atom. The average molecular weight is 259 g/mol. The number of nitrogens with one attached hydrogen (secondary N) is 1. The van der Waals surface area contributed by atoms with Gasteiger partial charge in [0.15, 0.2) is 0 Å². The van der Waals surface area contributed by atoms with Crippen molar-refractivity contribution in [2.75, 3.05) is 7.11 Å². The van der Waals surface area contributed by atoms with E-state index in [9.17, 15) is 9.59 Å². The average Bonchev–Trinajstić information content (AvgIpc) is 2.35. The molecule has 1 amide bonds. The molecule has 0 aliphatic heterocycles. The molecule has 0 aromatic heterocycles. The standard InChI is InChI=1S/C13H25NO4/c1-3-4-5-6-7-8-9-10-11(12(15)16)14-13(17)18-2/h11H,3-10H2,1-2H3,(H,14,17)(H,15,16). The Kier molecular flexibility index (Phi) is 10.1. The third-order valence-corrected chi connectivity index (χ3v) is 2.87. The highest BCUT2D eigenvalue weighted by molar-refractivity contribution is 5.79. The topological polar surface area (TPSA) is 75.6 Å². The third-order valence-electron chi connectivity index (χ3n) is 2.87. The fourth-order valence-electron chi connectivity index (χ4n) is 1.76. The van der Waals surface area contributed by atoms with Crippen LogP contribution in [0.3, 0.4) is 0 Å². The number of amides is 1. The van der Waals surface area contributed by atoms with E-state index < -0.39 is 18.1 Å². The molecular formula is C13H25NO4. The van der Waals surface area contributed by atoms with Gasteiger partial charge in [-0.2, -0.15) is 0 Å². The largest absolute Gasteiger partial charge is 0.480 e. The molecule has 5 heteroatoms. The summed E-state index contributed by atoms with van der Waals surface area (Å²) in [5.74, 6) is -1.01. The lowest BCUT2D eigenvalue weighted by molar-refractivity contribution is -0.139. The number of hydrogen-bond donors (Lipinski definition) is 2. The van der Waals surface area contributed by atoms with Crippen LogP contribution in [0, 0.1) is 0 Å². The van der Waals surface area contributed by atoms with E-state index in [0.29, 0.717) is 6.42 Å². The number of aliphatic carboxylic acids is 1. The molecule has 1 atom stereocenters. The highest BCUT2D eigenvalue weighted by Gasteiger charge is 2.19. The normalized spacial score (nSPS) is 11.9. The second-order valence-corrected chi connectivity index (χ2v) is 4.44. The molecule has 18 heavy (non-hydrogen) atoms. The van der Waals surface area contributed by atoms with Gasteiger partial charge in [0.2, 0.25) is 0 Å². The van der Waals surface area contributed by atoms with Crippen LogP contribution in [0.5, 0.6) is 0 Å². The van der Waals surface area contributed by atoms with Crippen LogP contribution in [0.25, 0.3) is 0 Å². The van der Waals surface area contributed by atoms with Gasteiger partial charge in [0, 0.05) is 0 Å². The molecule has 5 nitrogen and oxygen atoms in total. The molecule has 0 radical (unpaired) electrons. The van der Waals surface area contributed by atoms with Crippen LogP contribution in [0.2, 0.25) is 0 Å². The summed E-state index contributed by atoms with van der Waals surface area (Å²) in [6.45, 7) is 2.18. The minimum Gasteiger partial charge on any atom is -0.480 e.